The standard InChI is InChI=1S/2CH4N2O2.H4N2/c2*2-3-1(4)5;1-2/h2*3H,2H2,(H,4,5);1-2H2. The van der Waals surface area contributed by atoms with Crippen LogP contribution in [0.5, 0.6) is 0 Å². The zero-order chi connectivity index (χ0) is 10.6. The molecule has 0 aliphatic carbocycles. The lowest BCUT2D eigenvalue weighted by atomic mass is 11.3. The summed E-state index contributed by atoms with van der Waals surface area (Å²) in [6.07, 6.45) is -2.44. The molecule has 12 heavy (non-hydrogen) atoms. The number of hydrogen-bond donors (Lipinski definition) is 8. The molecular formula is C2H12N6O4. The zero-order valence-corrected chi connectivity index (χ0v) is 6.02. The Kier molecular flexibility index (Phi) is 22.6. The summed E-state index contributed by atoms with van der Waals surface area (Å²) in [4.78, 5) is 18.3. The molecule has 0 saturated carbocycles. The highest BCUT2D eigenvalue weighted by Gasteiger charge is 1.78. The molecule has 0 bridgehead atoms. The third kappa shape index (κ3) is 80.6. The molecule has 0 spiro atoms. The molecule has 0 aromatic heterocycles. The first-order valence-electron chi connectivity index (χ1n) is 2.27. The Hall–Kier alpha value is -1.62. The minimum absolute atomic E-state index is 1.22. The van der Waals surface area contributed by atoms with E-state index in [9.17, 15) is 0 Å². The fraction of sp³-hybridized carbons (Fsp3) is 0. The van der Waals surface area contributed by atoms with Gasteiger partial charge in [-0.25, -0.2) is 21.3 Å². The predicted octanol–water partition coefficient (Wildman–Crippen LogP) is -2.93. The van der Waals surface area contributed by atoms with E-state index in [0.717, 1.165) is 0 Å². The Labute approximate surface area is 67.4 Å². The maximum atomic E-state index is 9.13. The number of hydrazine groups is 3. The van der Waals surface area contributed by atoms with Crippen molar-refractivity contribution in [2.45, 2.75) is 0 Å². The van der Waals surface area contributed by atoms with E-state index >= 15 is 0 Å². The lowest BCUT2D eigenvalue weighted by Crippen LogP contribution is -2.27. The van der Waals surface area contributed by atoms with Gasteiger partial charge in [-0.3, -0.25) is 22.5 Å². The Morgan fingerprint density at radius 3 is 1.00 bits per heavy atom. The van der Waals surface area contributed by atoms with Gasteiger partial charge in [0.15, 0.2) is 0 Å². The molecule has 10 nitrogen and oxygen atoms in total. The fourth-order valence-electron chi connectivity index (χ4n) is 0. The number of amides is 2. The van der Waals surface area contributed by atoms with Gasteiger partial charge in [0.25, 0.3) is 0 Å². The summed E-state index contributed by atoms with van der Waals surface area (Å²) < 4.78 is 0. The zero-order valence-electron chi connectivity index (χ0n) is 6.02. The van der Waals surface area contributed by atoms with Crippen LogP contribution in [0.1, 0.15) is 0 Å². The second-order valence-corrected chi connectivity index (χ2v) is 0.899. The number of hydrogen-bond acceptors (Lipinski definition) is 6. The summed E-state index contributed by atoms with van der Waals surface area (Å²) in [5, 5.41) is 15.0. The quantitative estimate of drug-likeness (QED) is 0.111. The highest BCUT2D eigenvalue weighted by atomic mass is 16.4. The van der Waals surface area contributed by atoms with E-state index in [1.165, 1.54) is 10.9 Å². The van der Waals surface area contributed by atoms with Crippen molar-refractivity contribution in [2.75, 3.05) is 0 Å². The Bertz CT molecular complexity index is 102. The van der Waals surface area contributed by atoms with Crippen LogP contribution in [-0.4, -0.2) is 22.4 Å². The van der Waals surface area contributed by atoms with Crippen LogP contribution >= 0.6 is 0 Å². The van der Waals surface area contributed by atoms with Crippen LogP contribution in [-0.2, 0) is 0 Å². The summed E-state index contributed by atoms with van der Waals surface area (Å²) in [7, 11) is 0. The van der Waals surface area contributed by atoms with Crippen molar-refractivity contribution >= 4 is 12.2 Å². The second kappa shape index (κ2) is 16.2. The van der Waals surface area contributed by atoms with E-state index in [4.69, 9.17) is 19.8 Å². The fourth-order valence-corrected chi connectivity index (χ4v) is 0. The molecule has 0 aliphatic rings. The van der Waals surface area contributed by atoms with E-state index in [1.807, 2.05) is 0 Å². The van der Waals surface area contributed by atoms with Gasteiger partial charge in [-0.15, -0.1) is 0 Å². The smallest absolute Gasteiger partial charge is 0.418 e. The second-order valence-electron chi connectivity index (χ2n) is 0.899. The number of rotatable bonds is 0. The summed E-state index contributed by atoms with van der Waals surface area (Å²) in [5.41, 5.74) is 2.89. The predicted molar refractivity (Wildman–Crippen MR) is 39.1 cm³/mol. The first kappa shape index (κ1) is 16.8. The van der Waals surface area contributed by atoms with Crippen molar-refractivity contribution in [3.63, 3.8) is 0 Å². The molecule has 0 aromatic rings. The van der Waals surface area contributed by atoms with Crippen LogP contribution < -0.4 is 34.2 Å². The maximum Gasteiger partial charge on any atom is 0.418 e. The van der Waals surface area contributed by atoms with Crippen molar-refractivity contribution in [1.82, 2.24) is 10.9 Å². The molecule has 0 fully saturated rings. The van der Waals surface area contributed by atoms with Gasteiger partial charge in [0.2, 0.25) is 0 Å². The molecule has 0 rings (SSSR count). The van der Waals surface area contributed by atoms with Crippen LogP contribution in [0.25, 0.3) is 0 Å². The van der Waals surface area contributed by atoms with Gasteiger partial charge in [-0.2, -0.15) is 0 Å². The molecule has 0 atom stereocenters. The Balaban J connectivity index is -0.000000112. The van der Waals surface area contributed by atoms with E-state index < -0.39 is 12.2 Å². The van der Waals surface area contributed by atoms with E-state index in [2.05, 4.69) is 23.4 Å². The first-order chi connectivity index (χ1) is 5.54. The average Bonchev–Trinajstić information content (AvgIpc) is 2.09. The Morgan fingerprint density at radius 1 is 0.917 bits per heavy atom. The summed E-state index contributed by atoms with van der Waals surface area (Å²) in [6.45, 7) is 0. The number of nitrogens with one attached hydrogen (secondary N) is 2. The van der Waals surface area contributed by atoms with Crippen molar-refractivity contribution in [1.29, 1.82) is 0 Å². The highest BCUT2D eigenvalue weighted by Crippen LogP contribution is 1.43. The van der Waals surface area contributed by atoms with E-state index in [0.29, 0.717) is 0 Å². The van der Waals surface area contributed by atoms with Gasteiger partial charge >= 0.3 is 12.2 Å². The van der Waals surface area contributed by atoms with Crippen molar-refractivity contribution in [2.24, 2.45) is 23.4 Å². The molecule has 0 aromatic carbocycles. The van der Waals surface area contributed by atoms with Gasteiger partial charge in [0, 0.05) is 0 Å². The van der Waals surface area contributed by atoms with E-state index in [1.54, 1.807) is 0 Å². The molecule has 0 aliphatic heterocycles. The highest BCUT2D eigenvalue weighted by molar-refractivity contribution is 5.63. The van der Waals surface area contributed by atoms with Crippen LogP contribution in [0.15, 0.2) is 0 Å². The minimum Gasteiger partial charge on any atom is -0.464 e. The van der Waals surface area contributed by atoms with Crippen LogP contribution in [0.2, 0.25) is 0 Å². The molecule has 12 N–H and O–H groups in total. The van der Waals surface area contributed by atoms with Gasteiger partial charge in [-0.1, -0.05) is 0 Å². The van der Waals surface area contributed by atoms with Crippen LogP contribution in [0.3, 0.4) is 0 Å². The van der Waals surface area contributed by atoms with Crippen molar-refractivity contribution < 1.29 is 19.8 Å². The average molecular weight is 184 g/mol. The third-order valence-corrected chi connectivity index (χ3v) is 0.247. The van der Waals surface area contributed by atoms with E-state index in [-0.39, 0.29) is 0 Å². The van der Waals surface area contributed by atoms with Gasteiger partial charge < -0.3 is 10.2 Å². The number of carbonyl (C=O) groups is 2. The molecule has 2 amide bonds. The van der Waals surface area contributed by atoms with Gasteiger partial charge in [0.05, 0.1) is 0 Å². The molecule has 10 heteroatoms. The van der Waals surface area contributed by atoms with Crippen molar-refractivity contribution in [3.8, 4) is 0 Å². The minimum atomic E-state index is -1.22. The van der Waals surface area contributed by atoms with Gasteiger partial charge in [0.1, 0.15) is 0 Å². The summed E-state index contributed by atoms with van der Waals surface area (Å²) >= 11 is 0. The number of nitrogens with two attached hydrogens (primary N) is 4. The topological polar surface area (TPSA) is 203 Å². The van der Waals surface area contributed by atoms with Crippen molar-refractivity contribution in [3.05, 3.63) is 0 Å². The lowest BCUT2D eigenvalue weighted by Gasteiger charge is -1.79. The SMILES string of the molecule is NN.NNC(=O)O.NNC(=O)O. The van der Waals surface area contributed by atoms with Crippen LogP contribution in [0, 0.1) is 0 Å². The molecule has 74 valence electrons. The number of carboxylic acid groups (broad SMARTS) is 2. The summed E-state index contributed by atoms with van der Waals surface area (Å²) in [5.74, 6) is 16.6. The lowest BCUT2D eigenvalue weighted by molar-refractivity contribution is 0.193. The Morgan fingerprint density at radius 2 is 1.00 bits per heavy atom. The van der Waals surface area contributed by atoms with Crippen LogP contribution in [0.4, 0.5) is 9.59 Å². The molecule has 0 radical (unpaired) electrons. The largest absolute Gasteiger partial charge is 0.464 e. The maximum absolute atomic E-state index is 9.13. The summed E-state index contributed by atoms with van der Waals surface area (Å²) in [6, 6.07) is 0. The third-order valence-electron chi connectivity index (χ3n) is 0.247. The molecule has 0 saturated heterocycles. The van der Waals surface area contributed by atoms with Gasteiger partial charge in [-0.05, 0) is 0 Å². The first-order valence-corrected chi connectivity index (χ1v) is 2.27. The monoisotopic (exact) mass is 184 g/mol. The molecular weight excluding hydrogens is 172 g/mol. The molecule has 0 heterocycles. The normalized spacial score (nSPS) is 6.00. The molecule has 0 unspecified atom stereocenters.